The van der Waals surface area contributed by atoms with Gasteiger partial charge in [-0.05, 0) is 12.8 Å². The van der Waals surface area contributed by atoms with Gasteiger partial charge < -0.3 is 10.2 Å². The normalized spacial score (nSPS) is 25.2. The lowest BCUT2D eigenvalue weighted by molar-refractivity contribution is 0.675. The van der Waals surface area contributed by atoms with Gasteiger partial charge in [0, 0.05) is 42.1 Å². The Morgan fingerprint density at radius 2 is 2.41 bits per heavy atom. The third-order valence-corrected chi connectivity index (χ3v) is 5.29. The van der Waals surface area contributed by atoms with Gasteiger partial charge in [-0.15, -0.1) is 11.3 Å². The summed E-state index contributed by atoms with van der Waals surface area (Å²) >= 11 is 3.86. The molecule has 0 bridgehead atoms. The highest BCUT2D eigenvalue weighted by atomic mass is 32.2. The Hall–Kier alpha value is -0.260. The largest absolute Gasteiger partial charge is 0.346 e. The van der Waals surface area contributed by atoms with E-state index in [2.05, 4.69) is 34.3 Å². The fraction of sp³-hybridized carbons (Fsp3) is 0.750. The fourth-order valence-corrected chi connectivity index (χ4v) is 3.93. The van der Waals surface area contributed by atoms with Gasteiger partial charge in [-0.2, -0.15) is 11.8 Å². The summed E-state index contributed by atoms with van der Waals surface area (Å²) in [5.41, 5.74) is 1.21. The van der Waals surface area contributed by atoms with Crippen LogP contribution in [-0.2, 0) is 6.54 Å². The van der Waals surface area contributed by atoms with Crippen molar-refractivity contribution in [2.45, 2.75) is 37.6 Å². The molecule has 1 aliphatic carbocycles. The predicted octanol–water partition coefficient (Wildman–Crippen LogP) is 2.34. The average Bonchev–Trinajstić information content (AvgIpc) is 3.04. The molecular weight excluding hydrogens is 250 g/mol. The van der Waals surface area contributed by atoms with Crippen LogP contribution in [-0.4, -0.2) is 35.1 Å². The molecule has 0 amide bonds. The first-order valence-electron chi connectivity index (χ1n) is 6.35. The number of thioether (sulfide) groups is 1. The minimum atomic E-state index is 0.737. The van der Waals surface area contributed by atoms with Gasteiger partial charge in [0.25, 0.3) is 0 Å². The van der Waals surface area contributed by atoms with Crippen LogP contribution in [0.4, 0.5) is 5.13 Å². The summed E-state index contributed by atoms with van der Waals surface area (Å²) in [7, 11) is 0. The van der Waals surface area contributed by atoms with Gasteiger partial charge in [0.1, 0.15) is 0 Å². The average molecular weight is 269 g/mol. The van der Waals surface area contributed by atoms with Crippen molar-refractivity contribution < 1.29 is 0 Å². The van der Waals surface area contributed by atoms with Crippen LogP contribution in [0.2, 0.25) is 0 Å². The second-order valence-electron chi connectivity index (χ2n) is 4.90. The lowest BCUT2D eigenvalue weighted by Gasteiger charge is -2.30. The summed E-state index contributed by atoms with van der Waals surface area (Å²) in [4.78, 5) is 7.18. The summed E-state index contributed by atoms with van der Waals surface area (Å²) in [5, 5.41) is 7.67. The van der Waals surface area contributed by atoms with E-state index in [-0.39, 0.29) is 0 Å². The first kappa shape index (κ1) is 11.8. The van der Waals surface area contributed by atoms with Crippen molar-refractivity contribution in [3.8, 4) is 0 Å². The number of nitrogens with zero attached hydrogens (tertiary/aromatic N) is 2. The molecule has 5 heteroatoms. The maximum absolute atomic E-state index is 4.74. The van der Waals surface area contributed by atoms with E-state index >= 15 is 0 Å². The van der Waals surface area contributed by atoms with Gasteiger partial charge in [-0.1, -0.05) is 6.92 Å². The SMILES string of the molecule is CC1CN(c2nc(CNC3CC3)cs2)CCS1. The van der Waals surface area contributed by atoms with Crippen molar-refractivity contribution in [1.82, 2.24) is 10.3 Å². The molecule has 1 aromatic rings. The van der Waals surface area contributed by atoms with Crippen LogP contribution in [0.25, 0.3) is 0 Å². The highest BCUT2D eigenvalue weighted by Gasteiger charge is 2.22. The molecule has 1 atom stereocenters. The zero-order valence-electron chi connectivity index (χ0n) is 10.2. The molecule has 2 aliphatic rings. The maximum Gasteiger partial charge on any atom is 0.185 e. The fourth-order valence-electron chi connectivity index (χ4n) is 2.05. The van der Waals surface area contributed by atoms with Crippen molar-refractivity contribution >= 4 is 28.2 Å². The van der Waals surface area contributed by atoms with E-state index in [0.717, 1.165) is 30.9 Å². The molecule has 0 radical (unpaired) electrons. The first-order valence-corrected chi connectivity index (χ1v) is 8.28. The Kier molecular flexibility index (Phi) is 3.59. The Labute approximate surface area is 111 Å². The Bertz CT molecular complexity index is 376. The summed E-state index contributed by atoms with van der Waals surface area (Å²) in [5.74, 6) is 1.23. The van der Waals surface area contributed by atoms with Gasteiger partial charge in [-0.3, -0.25) is 0 Å². The van der Waals surface area contributed by atoms with Crippen LogP contribution in [0.5, 0.6) is 0 Å². The Balaban J connectivity index is 1.58. The summed E-state index contributed by atoms with van der Waals surface area (Å²) < 4.78 is 0. The molecule has 3 rings (SSSR count). The number of thiazole rings is 1. The lowest BCUT2D eigenvalue weighted by atomic mass is 10.4. The van der Waals surface area contributed by atoms with E-state index in [1.165, 1.54) is 29.4 Å². The number of rotatable bonds is 4. The van der Waals surface area contributed by atoms with Crippen LogP contribution < -0.4 is 10.2 Å². The van der Waals surface area contributed by atoms with Gasteiger partial charge in [-0.25, -0.2) is 4.98 Å². The third kappa shape index (κ3) is 3.14. The van der Waals surface area contributed by atoms with Crippen LogP contribution in [0.15, 0.2) is 5.38 Å². The van der Waals surface area contributed by atoms with Gasteiger partial charge in [0.05, 0.1) is 5.69 Å². The molecule has 1 aliphatic heterocycles. The minimum Gasteiger partial charge on any atom is -0.346 e. The summed E-state index contributed by atoms with van der Waals surface area (Å²) in [6.45, 7) is 5.55. The van der Waals surface area contributed by atoms with Crippen LogP contribution in [0.3, 0.4) is 0 Å². The minimum absolute atomic E-state index is 0.737. The zero-order valence-corrected chi connectivity index (χ0v) is 11.8. The smallest absolute Gasteiger partial charge is 0.185 e. The van der Waals surface area contributed by atoms with E-state index in [4.69, 9.17) is 4.98 Å². The molecule has 0 aromatic carbocycles. The first-order chi connectivity index (χ1) is 8.31. The predicted molar refractivity (Wildman–Crippen MR) is 76.1 cm³/mol. The summed E-state index contributed by atoms with van der Waals surface area (Å²) in [6, 6.07) is 0.770. The van der Waals surface area contributed by atoms with E-state index in [0.29, 0.717) is 0 Å². The lowest BCUT2D eigenvalue weighted by Crippen LogP contribution is -2.36. The van der Waals surface area contributed by atoms with Crippen LogP contribution in [0.1, 0.15) is 25.5 Å². The second kappa shape index (κ2) is 5.16. The molecule has 2 fully saturated rings. The number of hydrogen-bond donors (Lipinski definition) is 1. The second-order valence-corrected chi connectivity index (χ2v) is 7.29. The van der Waals surface area contributed by atoms with Crippen molar-refractivity contribution in [3.63, 3.8) is 0 Å². The van der Waals surface area contributed by atoms with E-state index in [1.54, 1.807) is 11.3 Å². The molecule has 1 N–H and O–H groups in total. The van der Waals surface area contributed by atoms with Crippen LogP contribution in [0, 0.1) is 0 Å². The Morgan fingerprint density at radius 1 is 1.53 bits per heavy atom. The van der Waals surface area contributed by atoms with E-state index in [9.17, 15) is 0 Å². The van der Waals surface area contributed by atoms with Crippen molar-refractivity contribution in [2.75, 3.05) is 23.7 Å². The molecule has 2 heterocycles. The van der Waals surface area contributed by atoms with Crippen LogP contribution >= 0.6 is 23.1 Å². The third-order valence-electron chi connectivity index (χ3n) is 3.20. The van der Waals surface area contributed by atoms with Crippen molar-refractivity contribution in [2.24, 2.45) is 0 Å². The highest BCUT2D eigenvalue weighted by Crippen LogP contribution is 2.27. The quantitative estimate of drug-likeness (QED) is 0.908. The number of anilines is 1. The van der Waals surface area contributed by atoms with Gasteiger partial charge in [0.15, 0.2) is 5.13 Å². The number of aromatic nitrogens is 1. The molecule has 1 saturated carbocycles. The molecule has 1 saturated heterocycles. The zero-order chi connectivity index (χ0) is 11.7. The molecule has 17 heavy (non-hydrogen) atoms. The highest BCUT2D eigenvalue weighted by molar-refractivity contribution is 8.00. The topological polar surface area (TPSA) is 28.2 Å². The van der Waals surface area contributed by atoms with Gasteiger partial charge in [0.2, 0.25) is 0 Å². The molecule has 1 aromatic heterocycles. The van der Waals surface area contributed by atoms with E-state index in [1.807, 2.05) is 0 Å². The number of nitrogens with one attached hydrogen (secondary N) is 1. The van der Waals surface area contributed by atoms with E-state index < -0.39 is 0 Å². The standard InChI is InChI=1S/C12H19N3S2/c1-9-7-15(4-5-16-9)12-14-11(8-17-12)6-13-10-2-3-10/h8-10,13H,2-7H2,1H3. The Morgan fingerprint density at radius 3 is 3.18 bits per heavy atom. The van der Waals surface area contributed by atoms with Gasteiger partial charge >= 0.3 is 0 Å². The molecule has 3 nitrogen and oxygen atoms in total. The maximum atomic E-state index is 4.74. The summed E-state index contributed by atoms with van der Waals surface area (Å²) in [6.07, 6.45) is 2.69. The van der Waals surface area contributed by atoms with Crippen molar-refractivity contribution in [1.29, 1.82) is 0 Å². The van der Waals surface area contributed by atoms with Crippen molar-refractivity contribution in [3.05, 3.63) is 11.1 Å². The monoisotopic (exact) mass is 269 g/mol. The number of hydrogen-bond acceptors (Lipinski definition) is 5. The molecular formula is C12H19N3S2. The molecule has 94 valence electrons. The molecule has 1 unspecified atom stereocenters. The molecule has 0 spiro atoms.